The molecule has 0 saturated heterocycles. The fourth-order valence-corrected chi connectivity index (χ4v) is 4.38. The molecule has 4 aromatic rings. The normalized spacial score (nSPS) is 11.7. The zero-order valence-corrected chi connectivity index (χ0v) is 26.1. The standard InChI is InChI=1S/C21H29N4O3P.C8H10O.C2H6/c1-5-8-18-24-17-12-22-16-10-7-6-9-15(16)19(17)25(18)14(13-27-29)11-23-20(26)28-21(2,3)4;1-9-7-8-5-3-2-4-6-8;1-2/h6-7,9-10,12,14H,5,8,11,13,29H2,1-4H3,(H,23,26);2-6H,7H2,1H3;1-2H3/t14-;;/m0../s1. The number of benzene rings is 2. The van der Waals surface area contributed by atoms with Gasteiger partial charge >= 0.3 is 6.09 Å². The van der Waals surface area contributed by atoms with Crippen LogP contribution in [0.2, 0.25) is 0 Å². The summed E-state index contributed by atoms with van der Waals surface area (Å²) < 4.78 is 17.9. The Kier molecular flexibility index (Phi) is 14.0. The molecule has 2 heterocycles. The fraction of sp³-hybridized carbons (Fsp3) is 0.452. The van der Waals surface area contributed by atoms with Crippen molar-refractivity contribution in [3.63, 3.8) is 0 Å². The van der Waals surface area contributed by atoms with Gasteiger partial charge in [-0.15, -0.1) is 0 Å². The Balaban J connectivity index is 0.000000428. The summed E-state index contributed by atoms with van der Waals surface area (Å²) >= 11 is 0. The largest absolute Gasteiger partial charge is 0.444 e. The third-order valence-electron chi connectivity index (χ3n) is 5.66. The van der Waals surface area contributed by atoms with Crippen LogP contribution in [0.15, 0.2) is 60.8 Å². The minimum atomic E-state index is -0.548. The maximum atomic E-state index is 12.2. The molecule has 0 aliphatic rings. The first-order valence-electron chi connectivity index (χ1n) is 13.8. The van der Waals surface area contributed by atoms with Crippen LogP contribution in [0.4, 0.5) is 4.79 Å². The summed E-state index contributed by atoms with van der Waals surface area (Å²) in [5, 5.41) is 3.91. The average molecular weight is 569 g/mol. The smallest absolute Gasteiger partial charge is 0.407 e. The molecule has 2 aromatic heterocycles. The second kappa shape index (κ2) is 16.9. The van der Waals surface area contributed by atoms with Crippen molar-refractivity contribution in [1.82, 2.24) is 19.9 Å². The number of amides is 1. The summed E-state index contributed by atoms with van der Waals surface area (Å²) in [5.41, 5.74) is 3.44. The lowest BCUT2D eigenvalue weighted by Gasteiger charge is -2.24. The number of pyridine rings is 1. The number of carbonyl (C=O) groups is 1. The predicted molar refractivity (Wildman–Crippen MR) is 166 cm³/mol. The molecule has 8 nitrogen and oxygen atoms in total. The van der Waals surface area contributed by atoms with Crippen molar-refractivity contribution in [3.8, 4) is 0 Å². The third-order valence-corrected chi connectivity index (χ3v) is 5.85. The van der Waals surface area contributed by atoms with E-state index in [1.165, 1.54) is 5.56 Å². The van der Waals surface area contributed by atoms with E-state index < -0.39 is 11.7 Å². The van der Waals surface area contributed by atoms with Gasteiger partial charge in [0, 0.05) is 34.9 Å². The molecule has 1 unspecified atom stereocenters. The number of hydrogen-bond donors (Lipinski definition) is 1. The van der Waals surface area contributed by atoms with Gasteiger partial charge in [0.2, 0.25) is 0 Å². The molecule has 1 amide bonds. The third kappa shape index (κ3) is 9.84. The molecule has 0 spiro atoms. The van der Waals surface area contributed by atoms with Gasteiger partial charge in [-0.2, -0.15) is 0 Å². The number of hydrogen-bond acceptors (Lipinski definition) is 6. The van der Waals surface area contributed by atoms with Gasteiger partial charge in [0.1, 0.15) is 16.9 Å². The zero-order valence-electron chi connectivity index (χ0n) is 24.9. The summed E-state index contributed by atoms with van der Waals surface area (Å²) in [6, 6.07) is 18.0. The van der Waals surface area contributed by atoms with Crippen molar-refractivity contribution >= 4 is 37.5 Å². The summed E-state index contributed by atoms with van der Waals surface area (Å²) in [7, 11) is 3.99. The van der Waals surface area contributed by atoms with Crippen molar-refractivity contribution in [3.05, 3.63) is 72.2 Å². The van der Waals surface area contributed by atoms with E-state index in [9.17, 15) is 4.79 Å². The summed E-state index contributed by atoms with van der Waals surface area (Å²) in [6.45, 7) is 13.1. The maximum Gasteiger partial charge on any atom is 0.407 e. The Labute approximate surface area is 241 Å². The van der Waals surface area contributed by atoms with Crippen LogP contribution in [-0.2, 0) is 27.0 Å². The number of nitrogens with one attached hydrogen (secondary N) is 1. The number of methoxy groups -OCH3 is 1. The molecule has 4 rings (SSSR count). The topological polar surface area (TPSA) is 87.5 Å². The molecule has 0 aliphatic heterocycles. The van der Waals surface area contributed by atoms with Crippen LogP contribution < -0.4 is 5.32 Å². The van der Waals surface area contributed by atoms with Crippen molar-refractivity contribution in [2.24, 2.45) is 0 Å². The first-order valence-corrected chi connectivity index (χ1v) is 14.3. The first-order chi connectivity index (χ1) is 19.3. The van der Waals surface area contributed by atoms with Crippen LogP contribution in [0.25, 0.3) is 21.9 Å². The number of alkyl carbamates (subject to hydrolysis) is 1. The molecule has 0 radical (unpaired) electrons. The van der Waals surface area contributed by atoms with E-state index in [1.807, 2.05) is 89.3 Å². The number of nitrogens with zero attached hydrogens (tertiary/aromatic N) is 3. The predicted octanol–water partition coefficient (Wildman–Crippen LogP) is 7.27. The Morgan fingerprint density at radius 3 is 2.35 bits per heavy atom. The zero-order chi connectivity index (χ0) is 29.5. The van der Waals surface area contributed by atoms with Crippen molar-refractivity contribution in [1.29, 1.82) is 0 Å². The van der Waals surface area contributed by atoms with Crippen LogP contribution in [0.5, 0.6) is 0 Å². The van der Waals surface area contributed by atoms with Gasteiger partial charge in [0.15, 0.2) is 0 Å². The summed E-state index contributed by atoms with van der Waals surface area (Å²) in [4.78, 5) is 21.6. The van der Waals surface area contributed by atoms with E-state index in [2.05, 4.69) is 37.3 Å². The van der Waals surface area contributed by atoms with E-state index >= 15 is 0 Å². The number of aromatic nitrogens is 3. The van der Waals surface area contributed by atoms with Gasteiger partial charge < -0.3 is 23.9 Å². The molecule has 40 heavy (non-hydrogen) atoms. The minimum Gasteiger partial charge on any atom is -0.444 e. The number of imidazole rings is 1. The van der Waals surface area contributed by atoms with Gasteiger partial charge in [0.25, 0.3) is 0 Å². The van der Waals surface area contributed by atoms with E-state index in [-0.39, 0.29) is 6.04 Å². The average Bonchev–Trinajstić information content (AvgIpc) is 3.31. The van der Waals surface area contributed by atoms with Gasteiger partial charge in [-0.05, 0) is 38.8 Å². The quantitative estimate of drug-likeness (QED) is 0.214. The van der Waals surface area contributed by atoms with E-state index in [0.717, 1.165) is 40.6 Å². The molecule has 1 N–H and O–H groups in total. The van der Waals surface area contributed by atoms with Gasteiger partial charge in [-0.1, -0.05) is 69.3 Å². The SMILES string of the molecule is CC.CCCc1nc2cnc3ccccc3c2n1[C@@H](CNC(=O)OC(C)(C)C)COP.COCc1ccccc1. The number of para-hydroxylation sites is 1. The Morgan fingerprint density at radius 2 is 1.73 bits per heavy atom. The lowest BCUT2D eigenvalue weighted by atomic mass is 10.1. The molecule has 218 valence electrons. The molecule has 0 bridgehead atoms. The number of aryl methyl sites for hydroxylation is 1. The Hall–Kier alpha value is -3.06. The number of carbonyl (C=O) groups excluding carboxylic acids is 1. The van der Waals surface area contributed by atoms with Crippen molar-refractivity contribution in [2.75, 3.05) is 20.3 Å². The fourth-order valence-electron chi connectivity index (χ4n) is 4.16. The van der Waals surface area contributed by atoms with Crippen LogP contribution in [-0.4, -0.2) is 46.5 Å². The number of ether oxygens (including phenoxy) is 2. The highest BCUT2D eigenvalue weighted by atomic mass is 31.0. The highest BCUT2D eigenvalue weighted by Crippen LogP contribution is 2.29. The van der Waals surface area contributed by atoms with Crippen LogP contribution >= 0.6 is 9.47 Å². The monoisotopic (exact) mass is 568 g/mol. The molecule has 9 heteroatoms. The molecule has 0 saturated carbocycles. The summed E-state index contributed by atoms with van der Waals surface area (Å²) in [5.74, 6) is 0.957. The molecular weight excluding hydrogens is 523 g/mol. The van der Waals surface area contributed by atoms with Crippen molar-refractivity contribution < 1.29 is 18.8 Å². The maximum absolute atomic E-state index is 12.2. The summed E-state index contributed by atoms with van der Waals surface area (Å²) in [6.07, 6.45) is 3.15. The molecule has 0 fully saturated rings. The minimum absolute atomic E-state index is 0.141. The highest BCUT2D eigenvalue weighted by molar-refractivity contribution is 7.09. The van der Waals surface area contributed by atoms with Gasteiger partial charge in [-0.25, -0.2) is 9.78 Å². The van der Waals surface area contributed by atoms with Gasteiger partial charge in [-0.3, -0.25) is 4.98 Å². The Bertz CT molecular complexity index is 1310. The lowest BCUT2D eigenvalue weighted by molar-refractivity contribution is 0.0516. The number of fused-ring (bicyclic) bond motifs is 3. The molecule has 0 aliphatic carbocycles. The molecular formula is C31H45N4O4P. The first kappa shape index (κ1) is 33.1. The van der Waals surface area contributed by atoms with Gasteiger partial charge in [0.05, 0.1) is 36.5 Å². The second-order valence-corrected chi connectivity index (χ2v) is 10.3. The van der Waals surface area contributed by atoms with Crippen LogP contribution in [0.3, 0.4) is 0 Å². The van der Waals surface area contributed by atoms with Crippen LogP contribution in [0, 0.1) is 0 Å². The number of rotatable bonds is 9. The second-order valence-electron chi connectivity index (χ2n) is 9.95. The molecule has 2 aromatic carbocycles. The highest BCUT2D eigenvalue weighted by Gasteiger charge is 2.23. The lowest BCUT2D eigenvalue weighted by Crippen LogP contribution is -2.37. The molecule has 2 atom stereocenters. The van der Waals surface area contributed by atoms with Crippen LogP contribution in [0.1, 0.15) is 65.4 Å². The van der Waals surface area contributed by atoms with E-state index in [4.69, 9.17) is 19.0 Å². The van der Waals surface area contributed by atoms with E-state index in [1.54, 1.807) is 7.11 Å². The Morgan fingerprint density at radius 1 is 1.05 bits per heavy atom. The van der Waals surface area contributed by atoms with E-state index in [0.29, 0.717) is 19.8 Å². The van der Waals surface area contributed by atoms with Crippen molar-refractivity contribution in [2.45, 2.75) is 72.6 Å².